The van der Waals surface area contributed by atoms with Gasteiger partial charge in [0.25, 0.3) is 0 Å². The van der Waals surface area contributed by atoms with Gasteiger partial charge in [0, 0.05) is 37.9 Å². The Hall–Kier alpha value is -2.22. The molecule has 2 aromatic heterocycles. The first-order chi connectivity index (χ1) is 12.2. The highest BCUT2D eigenvalue weighted by Gasteiger charge is 2.33. The van der Waals surface area contributed by atoms with E-state index in [1.807, 2.05) is 13.0 Å². The Balaban J connectivity index is 1.42. The number of hydrogen-bond donors (Lipinski definition) is 1. The van der Waals surface area contributed by atoms with E-state index in [-0.39, 0.29) is 12.1 Å². The van der Waals surface area contributed by atoms with Crippen molar-refractivity contribution < 1.29 is 9.26 Å². The number of hydrogen-bond acceptors (Lipinski definition) is 8. The molecule has 2 aromatic rings. The van der Waals surface area contributed by atoms with E-state index < -0.39 is 0 Å². The molecule has 1 aliphatic heterocycles. The summed E-state index contributed by atoms with van der Waals surface area (Å²) in [7, 11) is 1.76. The summed E-state index contributed by atoms with van der Waals surface area (Å²) in [5.74, 6) is 2.24. The van der Waals surface area contributed by atoms with Crippen LogP contribution in [0.25, 0.3) is 0 Å². The van der Waals surface area contributed by atoms with Crippen LogP contribution in [0.1, 0.15) is 43.1 Å². The molecule has 0 unspecified atom stereocenters. The normalized spacial score (nSPS) is 23.7. The van der Waals surface area contributed by atoms with Gasteiger partial charge in [-0.3, -0.25) is 0 Å². The summed E-state index contributed by atoms with van der Waals surface area (Å²) in [4.78, 5) is 15.3. The van der Waals surface area contributed by atoms with Crippen molar-refractivity contribution in [1.82, 2.24) is 20.1 Å². The van der Waals surface area contributed by atoms with Crippen LogP contribution in [0.4, 0.5) is 11.8 Å². The zero-order valence-electron chi connectivity index (χ0n) is 14.7. The quantitative estimate of drug-likeness (QED) is 0.852. The van der Waals surface area contributed by atoms with Crippen LogP contribution < -0.4 is 10.2 Å². The number of nitrogens with zero attached hydrogens (tertiary/aromatic N) is 5. The minimum atomic E-state index is 0.190. The van der Waals surface area contributed by atoms with Crippen LogP contribution >= 0.6 is 0 Å². The fraction of sp³-hybridized carbons (Fsp3) is 0.647. The van der Waals surface area contributed by atoms with Crippen LogP contribution in [-0.2, 0) is 4.74 Å². The van der Waals surface area contributed by atoms with Crippen molar-refractivity contribution in [3.05, 3.63) is 23.9 Å². The average molecular weight is 344 g/mol. The SMILES string of the molecule is CO[C@H]1C[C@@H](CNc2nc(C3CCC3)no2)N(c2cc(C)ncn2)C1. The van der Waals surface area contributed by atoms with Crippen LogP contribution in [-0.4, -0.2) is 52.5 Å². The van der Waals surface area contributed by atoms with Crippen LogP contribution in [0, 0.1) is 6.92 Å². The van der Waals surface area contributed by atoms with E-state index in [2.05, 4.69) is 30.3 Å². The van der Waals surface area contributed by atoms with Crippen LogP contribution in [0.3, 0.4) is 0 Å². The standard InChI is InChI=1S/C17H24N6O2/c1-11-6-15(20-10-19-11)23-9-14(24-2)7-13(23)8-18-17-21-16(22-25-17)12-4-3-5-12/h6,10,12-14H,3-5,7-9H2,1-2H3,(H,18,21,22)/t13-,14-/m0/s1. The predicted molar refractivity (Wildman–Crippen MR) is 92.7 cm³/mol. The van der Waals surface area contributed by atoms with E-state index in [1.54, 1.807) is 13.4 Å². The third-order valence-corrected chi connectivity index (χ3v) is 5.19. The van der Waals surface area contributed by atoms with E-state index in [0.717, 1.165) is 43.1 Å². The first-order valence-electron chi connectivity index (χ1n) is 8.88. The highest BCUT2D eigenvalue weighted by Crippen LogP contribution is 2.35. The van der Waals surface area contributed by atoms with Gasteiger partial charge in [-0.25, -0.2) is 9.97 Å². The molecular weight excluding hydrogens is 320 g/mol. The Labute approximate surface area is 147 Å². The maximum Gasteiger partial charge on any atom is 0.321 e. The lowest BCUT2D eigenvalue weighted by atomic mass is 9.85. The molecule has 0 amide bonds. The van der Waals surface area contributed by atoms with Crippen molar-refractivity contribution in [2.75, 3.05) is 30.4 Å². The second kappa shape index (κ2) is 6.95. The average Bonchev–Trinajstić information content (AvgIpc) is 3.18. The second-order valence-corrected chi connectivity index (χ2v) is 6.88. The van der Waals surface area contributed by atoms with E-state index in [4.69, 9.17) is 9.26 Å². The highest BCUT2D eigenvalue weighted by atomic mass is 16.5. The van der Waals surface area contributed by atoms with E-state index in [0.29, 0.717) is 18.5 Å². The fourth-order valence-corrected chi connectivity index (χ4v) is 3.46. The van der Waals surface area contributed by atoms with Crippen molar-refractivity contribution >= 4 is 11.8 Å². The molecule has 0 radical (unpaired) electrons. The van der Waals surface area contributed by atoms with E-state index in [9.17, 15) is 0 Å². The minimum absolute atomic E-state index is 0.190. The Morgan fingerprint density at radius 3 is 2.96 bits per heavy atom. The minimum Gasteiger partial charge on any atom is -0.380 e. The van der Waals surface area contributed by atoms with Crippen molar-refractivity contribution in [2.45, 2.75) is 50.7 Å². The summed E-state index contributed by atoms with van der Waals surface area (Å²) in [5.41, 5.74) is 0.958. The largest absolute Gasteiger partial charge is 0.380 e. The van der Waals surface area contributed by atoms with Gasteiger partial charge in [-0.15, -0.1) is 0 Å². The summed E-state index contributed by atoms with van der Waals surface area (Å²) in [6, 6.07) is 2.76. The van der Waals surface area contributed by atoms with Gasteiger partial charge in [-0.2, -0.15) is 4.98 Å². The van der Waals surface area contributed by atoms with Gasteiger partial charge in [0.05, 0.1) is 12.1 Å². The highest BCUT2D eigenvalue weighted by molar-refractivity contribution is 5.43. The molecule has 1 saturated heterocycles. The number of aryl methyl sites for hydroxylation is 1. The fourth-order valence-electron chi connectivity index (χ4n) is 3.46. The van der Waals surface area contributed by atoms with Crippen molar-refractivity contribution in [3.63, 3.8) is 0 Å². The molecule has 1 N–H and O–H groups in total. The van der Waals surface area contributed by atoms with Gasteiger partial charge in [-0.05, 0) is 26.2 Å². The third-order valence-electron chi connectivity index (χ3n) is 5.19. The smallest absolute Gasteiger partial charge is 0.321 e. The second-order valence-electron chi connectivity index (χ2n) is 6.88. The summed E-state index contributed by atoms with van der Waals surface area (Å²) >= 11 is 0. The topological polar surface area (TPSA) is 89.2 Å². The molecule has 8 heteroatoms. The molecule has 0 spiro atoms. The molecule has 4 rings (SSSR count). The van der Waals surface area contributed by atoms with Crippen molar-refractivity contribution in [2.24, 2.45) is 0 Å². The molecule has 1 aliphatic carbocycles. The van der Waals surface area contributed by atoms with Crippen molar-refractivity contribution in [3.8, 4) is 0 Å². The van der Waals surface area contributed by atoms with Gasteiger partial charge < -0.3 is 19.5 Å². The van der Waals surface area contributed by atoms with E-state index >= 15 is 0 Å². The lowest BCUT2D eigenvalue weighted by Gasteiger charge is -2.25. The van der Waals surface area contributed by atoms with Gasteiger partial charge >= 0.3 is 6.01 Å². The van der Waals surface area contributed by atoms with Gasteiger partial charge in [0.15, 0.2) is 5.82 Å². The molecule has 8 nitrogen and oxygen atoms in total. The summed E-state index contributed by atoms with van der Waals surface area (Å²) in [6.07, 6.45) is 6.32. The maximum atomic E-state index is 5.57. The van der Waals surface area contributed by atoms with E-state index in [1.165, 1.54) is 6.42 Å². The molecule has 2 aliphatic rings. The van der Waals surface area contributed by atoms with Gasteiger partial charge in [0.2, 0.25) is 0 Å². The molecule has 2 fully saturated rings. The third kappa shape index (κ3) is 3.44. The molecule has 25 heavy (non-hydrogen) atoms. The van der Waals surface area contributed by atoms with Crippen LogP contribution in [0.2, 0.25) is 0 Å². The molecule has 0 bridgehead atoms. The lowest BCUT2D eigenvalue weighted by molar-refractivity contribution is 0.118. The number of nitrogens with one attached hydrogen (secondary N) is 1. The molecule has 2 atom stereocenters. The maximum absolute atomic E-state index is 5.57. The number of anilines is 2. The summed E-state index contributed by atoms with van der Waals surface area (Å²) in [6.45, 7) is 3.49. The molecule has 1 saturated carbocycles. The van der Waals surface area contributed by atoms with Crippen LogP contribution in [0.15, 0.2) is 16.9 Å². The first kappa shape index (κ1) is 16.3. The molecular formula is C17H24N6O2. The number of rotatable bonds is 6. The number of methoxy groups -OCH3 is 1. The Kier molecular flexibility index (Phi) is 4.52. The number of ether oxygens (including phenoxy) is 1. The first-order valence-corrected chi connectivity index (χ1v) is 8.88. The van der Waals surface area contributed by atoms with Gasteiger partial charge in [0.1, 0.15) is 12.1 Å². The lowest BCUT2D eigenvalue weighted by Crippen LogP contribution is -2.35. The Morgan fingerprint density at radius 1 is 1.36 bits per heavy atom. The molecule has 0 aromatic carbocycles. The Morgan fingerprint density at radius 2 is 2.24 bits per heavy atom. The van der Waals surface area contributed by atoms with Crippen molar-refractivity contribution in [1.29, 1.82) is 0 Å². The zero-order valence-corrected chi connectivity index (χ0v) is 14.7. The van der Waals surface area contributed by atoms with Gasteiger partial charge in [-0.1, -0.05) is 11.6 Å². The molecule has 3 heterocycles. The summed E-state index contributed by atoms with van der Waals surface area (Å²) < 4.78 is 10.9. The predicted octanol–water partition coefficient (Wildman–Crippen LogP) is 2.14. The zero-order chi connectivity index (χ0) is 17.2. The van der Waals surface area contributed by atoms with Crippen LogP contribution in [0.5, 0.6) is 0 Å². The monoisotopic (exact) mass is 344 g/mol. The number of aromatic nitrogens is 4. The Bertz CT molecular complexity index is 717. The molecule has 134 valence electrons. The summed E-state index contributed by atoms with van der Waals surface area (Å²) in [5, 5.41) is 7.38.